The SMILES string of the molecule is CCCCC(C)NCc1cc(F)ccc1C. The van der Waals surface area contributed by atoms with Crippen LogP contribution in [-0.2, 0) is 6.54 Å². The van der Waals surface area contributed by atoms with Crippen LogP contribution in [0.3, 0.4) is 0 Å². The average molecular weight is 223 g/mol. The number of halogens is 1. The molecule has 0 aromatic heterocycles. The van der Waals surface area contributed by atoms with Crippen LogP contribution in [0.5, 0.6) is 0 Å². The van der Waals surface area contributed by atoms with Gasteiger partial charge in [0.15, 0.2) is 0 Å². The highest BCUT2D eigenvalue weighted by Gasteiger charge is 2.03. The van der Waals surface area contributed by atoms with E-state index in [0.717, 1.165) is 17.7 Å². The molecule has 0 aliphatic heterocycles. The number of aryl methyl sites for hydroxylation is 1. The van der Waals surface area contributed by atoms with Crippen molar-refractivity contribution < 1.29 is 4.39 Å². The highest BCUT2D eigenvalue weighted by Crippen LogP contribution is 2.10. The maximum atomic E-state index is 13.0. The summed E-state index contributed by atoms with van der Waals surface area (Å²) in [6, 6.07) is 5.47. The quantitative estimate of drug-likeness (QED) is 0.773. The topological polar surface area (TPSA) is 12.0 Å². The van der Waals surface area contributed by atoms with Crippen molar-refractivity contribution in [2.24, 2.45) is 0 Å². The Bertz CT molecular complexity index is 323. The number of hydrogen-bond acceptors (Lipinski definition) is 1. The van der Waals surface area contributed by atoms with Crippen LogP contribution in [0, 0.1) is 12.7 Å². The van der Waals surface area contributed by atoms with Gasteiger partial charge < -0.3 is 5.32 Å². The molecule has 0 bridgehead atoms. The number of unbranched alkanes of at least 4 members (excludes halogenated alkanes) is 1. The van der Waals surface area contributed by atoms with Crippen molar-refractivity contribution in [2.75, 3.05) is 0 Å². The Kier molecular flexibility index (Phi) is 5.47. The first-order chi connectivity index (χ1) is 7.63. The summed E-state index contributed by atoms with van der Waals surface area (Å²) in [4.78, 5) is 0. The van der Waals surface area contributed by atoms with Gasteiger partial charge in [0.2, 0.25) is 0 Å². The maximum Gasteiger partial charge on any atom is 0.123 e. The van der Waals surface area contributed by atoms with Crippen molar-refractivity contribution in [3.8, 4) is 0 Å². The van der Waals surface area contributed by atoms with Crippen LogP contribution in [0.1, 0.15) is 44.2 Å². The number of nitrogens with one attached hydrogen (secondary N) is 1. The predicted molar refractivity (Wildman–Crippen MR) is 67.0 cm³/mol. The molecule has 1 aromatic rings. The molecule has 1 unspecified atom stereocenters. The Hall–Kier alpha value is -0.890. The van der Waals surface area contributed by atoms with Gasteiger partial charge in [-0.3, -0.25) is 0 Å². The van der Waals surface area contributed by atoms with Gasteiger partial charge in [-0.05, 0) is 43.5 Å². The minimum atomic E-state index is -0.149. The first-order valence-electron chi connectivity index (χ1n) is 6.12. The molecule has 0 heterocycles. The van der Waals surface area contributed by atoms with Crippen LogP contribution in [-0.4, -0.2) is 6.04 Å². The van der Waals surface area contributed by atoms with Gasteiger partial charge in [-0.1, -0.05) is 25.8 Å². The van der Waals surface area contributed by atoms with Crippen molar-refractivity contribution in [1.29, 1.82) is 0 Å². The molecule has 90 valence electrons. The predicted octanol–water partition coefficient (Wildman–Crippen LogP) is 3.80. The molecule has 0 saturated carbocycles. The van der Waals surface area contributed by atoms with E-state index in [-0.39, 0.29) is 5.82 Å². The molecular weight excluding hydrogens is 201 g/mol. The van der Waals surface area contributed by atoms with Gasteiger partial charge in [0, 0.05) is 12.6 Å². The molecule has 1 atom stereocenters. The zero-order chi connectivity index (χ0) is 12.0. The van der Waals surface area contributed by atoms with Crippen LogP contribution in [0.4, 0.5) is 4.39 Å². The molecule has 0 saturated heterocycles. The lowest BCUT2D eigenvalue weighted by atomic mass is 10.1. The average Bonchev–Trinajstić information content (AvgIpc) is 2.27. The van der Waals surface area contributed by atoms with E-state index in [4.69, 9.17) is 0 Å². The summed E-state index contributed by atoms with van der Waals surface area (Å²) in [5.41, 5.74) is 2.21. The monoisotopic (exact) mass is 223 g/mol. The molecule has 0 radical (unpaired) electrons. The second-order valence-corrected chi connectivity index (χ2v) is 4.49. The first kappa shape index (κ1) is 13.2. The molecule has 0 aliphatic carbocycles. The molecule has 16 heavy (non-hydrogen) atoms. The fourth-order valence-electron chi connectivity index (χ4n) is 1.73. The van der Waals surface area contributed by atoms with Crippen molar-refractivity contribution in [3.63, 3.8) is 0 Å². The lowest BCUT2D eigenvalue weighted by Gasteiger charge is -2.14. The molecule has 0 amide bonds. The van der Waals surface area contributed by atoms with Crippen LogP contribution in [0.2, 0.25) is 0 Å². The van der Waals surface area contributed by atoms with Gasteiger partial charge in [0.25, 0.3) is 0 Å². The number of benzene rings is 1. The summed E-state index contributed by atoms with van der Waals surface area (Å²) in [7, 11) is 0. The van der Waals surface area contributed by atoms with Crippen molar-refractivity contribution in [3.05, 3.63) is 35.1 Å². The van der Waals surface area contributed by atoms with Gasteiger partial charge in [0.05, 0.1) is 0 Å². The van der Waals surface area contributed by atoms with Gasteiger partial charge in [-0.2, -0.15) is 0 Å². The van der Waals surface area contributed by atoms with Crippen molar-refractivity contribution in [2.45, 2.75) is 52.6 Å². The van der Waals surface area contributed by atoms with Gasteiger partial charge in [-0.15, -0.1) is 0 Å². The standard InChI is InChI=1S/C14H22FN/c1-4-5-6-12(3)16-10-13-9-14(15)8-7-11(13)2/h7-9,12,16H,4-6,10H2,1-3H3. The summed E-state index contributed by atoms with van der Waals surface area (Å²) < 4.78 is 13.0. The smallest absolute Gasteiger partial charge is 0.123 e. The fourth-order valence-corrected chi connectivity index (χ4v) is 1.73. The first-order valence-corrected chi connectivity index (χ1v) is 6.12. The van der Waals surface area contributed by atoms with Crippen molar-refractivity contribution in [1.82, 2.24) is 5.32 Å². The van der Waals surface area contributed by atoms with E-state index in [9.17, 15) is 4.39 Å². The molecule has 1 nitrogen and oxygen atoms in total. The summed E-state index contributed by atoms with van der Waals surface area (Å²) in [6.45, 7) is 7.16. The minimum absolute atomic E-state index is 0.149. The largest absolute Gasteiger partial charge is 0.310 e. The van der Waals surface area contributed by atoms with Gasteiger partial charge >= 0.3 is 0 Å². The Morgan fingerprint density at radius 1 is 1.38 bits per heavy atom. The van der Waals surface area contributed by atoms with Gasteiger partial charge in [0.1, 0.15) is 5.82 Å². The van der Waals surface area contributed by atoms with Crippen molar-refractivity contribution >= 4 is 0 Å². The van der Waals surface area contributed by atoms with Crippen LogP contribution in [0.25, 0.3) is 0 Å². The molecule has 1 aromatic carbocycles. The van der Waals surface area contributed by atoms with E-state index >= 15 is 0 Å². The Morgan fingerprint density at radius 3 is 2.81 bits per heavy atom. The number of hydrogen-bond donors (Lipinski definition) is 1. The third-order valence-corrected chi connectivity index (χ3v) is 2.94. The Labute approximate surface area is 98.1 Å². The van der Waals surface area contributed by atoms with Crippen LogP contribution < -0.4 is 5.32 Å². The molecule has 0 spiro atoms. The van der Waals surface area contributed by atoms with E-state index in [1.54, 1.807) is 6.07 Å². The molecule has 1 N–H and O–H groups in total. The third kappa shape index (κ3) is 4.31. The van der Waals surface area contributed by atoms with Crippen LogP contribution in [0.15, 0.2) is 18.2 Å². The second-order valence-electron chi connectivity index (χ2n) is 4.49. The lowest BCUT2D eigenvalue weighted by Crippen LogP contribution is -2.25. The van der Waals surface area contributed by atoms with E-state index < -0.39 is 0 Å². The van der Waals surface area contributed by atoms with Gasteiger partial charge in [-0.25, -0.2) is 4.39 Å². The summed E-state index contributed by atoms with van der Waals surface area (Å²) in [5, 5.41) is 3.44. The zero-order valence-electron chi connectivity index (χ0n) is 10.5. The number of rotatable bonds is 6. The van der Waals surface area contributed by atoms with Crippen LogP contribution >= 0.6 is 0 Å². The fraction of sp³-hybridized carbons (Fsp3) is 0.571. The zero-order valence-corrected chi connectivity index (χ0v) is 10.5. The molecule has 2 heteroatoms. The normalized spacial score (nSPS) is 12.8. The summed E-state index contributed by atoms with van der Waals surface area (Å²) in [6.07, 6.45) is 3.66. The highest BCUT2D eigenvalue weighted by atomic mass is 19.1. The third-order valence-electron chi connectivity index (χ3n) is 2.94. The molecule has 0 aliphatic rings. The van der Waals surface area contributed by atoms with E-state index in [1.165, 1.54) is 25.3 Å². The lowest BCUT2D eigenvalue weighted by molar-refractivity contribution is 0.493. The minimum Gasteiger partial charge on any atom is -0.310 e. The summed E-state index contributed by atoms with van der Waals surface area (Å²) in [5.74, 6) is -0.149. The van der Waals surface area contributed by atoms with E-state index in [0.29, 0.717) is 6.04 Å². The summed E-state index contributed by atoms with van der Waals surface area (Å²) >= 11 is 0. The van der Waals surface area contributed by atoms with E-state index in [2.05, 4.69) is 19.2 Å². The Morgan fingerprint density at radius 2 is 2.12 bits per heavy atom. The highest BCUT2D eigenvalue weighted by molar-refractivity contribution is 5.26. The molecule has 1 rings (SSSR count). The maximum absolute atomic E-state index is 13.0. The van der Waals surface area contributed by atoms with E-state index in [1.807, 2.05) is 13.0 Å². The second kappa shape index (κ2) is 6.64. The molecule has 0 fully saturated rings. The Balaban J connectivity index is 2.44. The molecular formula is C14H22FN.